The van der Waals surface area contributed by atoms with Gasteiger partial charge in [0.25, 0.3) is 0 Å². The van der Waals surface area contributed by atoms with Crippen molar-refractivity contribution in [3.05, 3.63) is 508 Å². The molecule has 3 unspecified atom stereocenters. The Labute approximate surface area is 850 Å². The van der Waals surface area contributed by atoms with Crippen LogP contribution in [0.4, 0.5) is 0 Å². The van der Waals surface area contributed by atoms with Crippen LogP contribution >= 0.6 is 21.4 Å². The van der Waals surface area contributed by atoms with Crippen LogP contribution in [0, 0.1) is 0 Å². The van der Waals surface area contributed by atoms with E-state index in [-0.39, 0.29) is 10.8 Å². The van der Waals surface area contributed by atoms with Crippen molar-refractivity contribution in [2.45, 2.75) is 38.5 Å². The maximum Gasteiger partial charge on any atom is 0.172 e. The van der Waals surface area contributed by atoms with Crippen molar-refractivity contribution >= 4 is 188 Å². The Hall–Kier alpha value is -17.1. The van der Waals surface area contributed by atoms with E-state index in [2.05, 4.69) is 418 Å². The van der Waals surface area contributed by atoms with Crippen LogP contribution in [0.3, 0.4) is 0 Å². The zero-order valence-electron chi connectivity index (χ0n) is 81.1. The molecule has 6 heterocycles. The highest BCUT2D eigenvalue weighted by Crippen LogP contribution is 2.61. The molecule has 0 saturated heterocycles. The van der Waals surface area contributed by atoms with E-state index in [1.165, 1.54) is 153 Å². The molecule has 3 atom stereocenters. The maximum absolute atomic E-state index is 15.5. The highest BCUT2D eigenvalue weighted by Gasteiger charge is 2.47. The van der Waals surface area contributed by atoms with E-state index in [0.29, 0.717) is 0 Å². The molecule has 0 N–H and O–H groups in total. The van der Waals surface area contributed by atoms with Crippen LogP contribution in [0.15, 0.2) is 485 Å². The quantitative estimate of drug-likeness (QED) is 0.112. The minimum Gasteiger partial charge on any atom is -0.309 e. The molecule has 5 aliphatic rings. The van der Waals surface area contributed by atoms with Gasteiger partial charge in [-0.25, -0.2) is 0 Å². The number of fused-ring (bicyclic) bond motifs is 29. The molecule has 24 aromatic carbocycles. The van der Waals surface area contributed by atoms with Crippen molar-refractivity contribution < 1.29 is 13.7 Å². The zero-order valence-corrected chi connectivity index (χ0v) is 83.8. The van der Waals surface area contributed by atoms with Gasteiger partial charge in [0.2, 0.25) is 0 Å². The molecular formula is C138H92N3O3P3. The lowest BCUT2D eigenvalue weighted by atomic mass is 9.81. The summed E-state index contributed by atoms with van der Waals surface area (Å²) in [6.07, 6.45) is 0. The Morgan fingerprint density at radius 3 is 0.905 bits per heavy atom. The summed E-state index contributed by atoms with van der Waals surface area (Å²) >= 11 is 0. The normalized spacial score (nSPS) is 16.4. The number of hydrogen-bond donors (Lipinski definition) is 0. The van der Waals surface area contributed by atoms with Gasteiger partial charge in [-0.1, -0.05) is 416 Å². The van der Waals surface area contributed by atoms with Crippen LogP contribution in [0.2, 0.25) is 0 Å². The maximum atomic E-state index is 15.5. The fourth-order valence-electron chi connectivity index (χ4n) is 26.3. The Morgan fingerprint density at radius 1 is 0.184 bits per heavy atom. The van der Waals surface area contributed by atoms with Gasteiger partial charge in [-0.3, -0.25) is 0 Å². The van der Waals surface area contributed by atoms with Gasteiger partial charge in [-0.05, 0) is 234 Å². The van der Waals surface area contributed by atoms with E-state index in [0.717, 1.165) is 131 Å². The first-order chi connectivity index (χ1) is 72.1. The number of rotatable bonds is 8. The lowest BCUT2D eigenvalue weighted by Gasteiger charge is -2.22. The first-order valence-electron chi connectivity index (χ1n) is 50.8. The minimum absolute atomic E-state index is 0.0362. The predicted molar refractivity (Wildman–Crippen MR) is 622 cm³/mol. The van der Waals surface area contributed by atoms with Gasteiger partial charge in [0.1, 0.15) is 0 Å². The second-order valence-electron chi connectivity index (χ2n) is 41.3. The van der Waals surface area contributed by atoms with Gasteiger partial charge >= 0.3 is 0 Å². The molecule has 27 aromatic rings. The minimum atomic E-state index is -3.09. The molecule has 692 valence electrons. The van der Waals surface area contributed by atoms with Crippen LogP contribution < -0.4 is 47.7 Å². The largest absolute Gasteiger partial charge is 0.309 e. The molecule has 3 aromatic heterocycles. The summed E-state index contributed by atoms with van der Waals surface area (Å²) in [5.41, 5.74) is 32.2. The van der Waals surface area contributed by atoms with E-state index < -0.39 is 21.4 Å². The first-order valence-corrected chi connectivity index (χ1v) is 55.9. The number of para-hydroxylation sites is 3. The third-order valence-corrected chi connectivity index (χ3v) is 42.5. The van der Waals surface area contributed by atoms with Crippen molar-refractivity contribution in [2.24, 2.45) is 0 Å². The lowest BCUT2D eigenvalue weighted by molar-refractivity contribution is 0.592. The van der Waals surface area contributed by atoms with Crippen LogP contribution in [0.5, 0.6) is 0 Å². The number of hydrogen-bond acceptors (Lipinski definition) is 3. The zero-order chi connectivity index (χ0) is 97.8. The summed E-state index contributed by atoms with van der Waals surface area (Å²) < 4.78 is 53.5. The van der Waals surface area contributed by atoms with Gasteiger partial charge in [0.05, 0.1) is 33.1 Å². The topological polar surface area (TPSA) is 66.0 Å². The Kier molecular flexibility index (Phi) is 18.4. The van der Waals surface area contributed by atoms with E-state index >= 15 is 13.7 Å². The summed E-state index contributed by atoms with van der Waals surface area (Å²) in [6, 6.07) is 173. The van der Waals surface area contributed by atoms with E-state index in [4.69, 9.17) is 0 Å². The smallest absolute Gasteiger partial charge is 0.172 e. The van der Waals surface area contributed by atoms with Gasteiger partial charge in [-0.2, -0.15) is 0 Å². The summed E-state index contributed by atoms with van der Waals surface area (Å²) in [4.78, 5) is 0. The third-order valence-electron chi connectivity index (χ3n) is 33.1. The summed E-state index contributed by atoms with van der Waals surface area (Å²) in [6.45, 7) is 9.36. The fourth-order valence-corrected chi connectivity index (χ4v) is 35.4. The summed E-state index contributed by atoms with van der Waals surface area (Å²) in [5, 5.41) is 27.7. The molecule has 3 aliphatic heterocycles. The Bertz CT molecular complexity index is 10500. The molecule has 9 heteroatoms. The average Bonchev–Trinajstić information content (AvgIpc) is 1.53. The van der Waals surface area contributed by atoms with Gasteiger partial charge < -0.3 is 27.4 Å². The van der Waals surface area contributed by atoms with Crippen LogP contribution in [-0.2, 0) is 24.5 Å². The van der Waals surface area contributed by atoms with Crippen LogP contribution in [0.1, 0.15) is 49.9 Å². The molecule has 0 spiro atoms. The predicted octanol–water partition coefficient (Wildman–Crippen LogP) is 32.4. The highest BCUT2D eigenvalue weighted by atomic mass is 31.2. The van der Waals surface area contributed by atoms with Gasteiger partial charge in [0.15, 0.2) is 21.4 Å². The molecule has 2 aliphatic carbocycles. The molecule has 6 nitrogen and oxygen atoms in total. The van der Waals surface area contributed by atoms with Crippen molar-refractivity contribution in [2.75, 3.05) is 0 Å². The molecule has 0 fully saturated rings. The Balaban J connectivity index is 0.000000102. The van der Waals surface area contributed by atoms with Crippen LogP contribution in [-0.4, -0.2) is 13.7 Å². The molecule has 0 bridgehead atoms. The van der Waals surface area contributed by atoms with Crippen molar-refractivity contribution in [3.8, 4) is 95.0 Å². The molecule has 147 heavy (non-hydrogen) atoms. The van der Waals surface area contributed by atoms with Crippen LogP contribution in [0.25, 0.3) is 214 Å². The molecular weight excluding hydrogens is 1840 g/mol. The Morgan fingerprint density at radius 2 is 0.476 bits per heavy atom. The van der Waals surface area contributed by atoms with E-state index in [1.54, 1.807) is 0 Å². The average molecular weight is 1930 g/mol. The van der Waals surface area contributed by atoms with E-state index in [9.17, 15) is 0 Å². The van der Waals surface area contributed by atoms with Gasteiger partial charge in [-0.15, -0.1) is 0 Å². The second kappa shape index (κ2) is 31.7. The molecule has 0 radical (unpaired) electrons. The van der Waals surface area contributed by atoms with E-state index in [1.807, 2.05) is 109 Å². The molecule has 0 saturated carbocycles. The standard InChI is InChI=1S/2C49H34NOP.C40H24NOP/c1-49(2)42-17-9-6-14-37(42)38-25-23-34(30-43(38)49)31-20-21-33-29-35(24-22-32(33)28-31)50-44-18-10-7-15-39(44)40-26-27-46-47(48(40)50)41-16-8-11-19-45(41)52(46,51)36-12-4-3-5-13-36;1-49(2)42-17-9-6-14-37(42)38-25-23-33(30-43(38)49)32-21-20-31-22-24-35(29-34(31)28-32)50-44-18-10-7-15-39(44)40-26-27-46-47(48(40)50)41-16-8-11-19-45(41)52(46,51)36-12-4-3-5-13-36;42-43(30-11-2-1-3-12-30)35-16-7-5-14-33(35)39-36(43)22-21-32-31-13-4-6-15-34(31)41(40(32)39)29-23-27-19-17-25-9-8-10-26-18-20-28(24-29)38(27)37(25)26/h2*3-30H,1-2H3;1-24H. The highest BCUT2D eigenvalue weighted by molar-refractivity contribution is 7.87. The SMILES string of the molecule is CC1(C)c2ccccc2-c2ccc(-c3ccc4cc(-n5c6ccccc6c6ccc7c(c65)-c5ccccc5P7(=O)c5ccccc5)ccc4c3)cc21.CC1(C)c2ccccc2-c2ccc(-c3ccc4ccc(-n5c6ccccc6c6ccc7c(c65)-c5ccccc5P7(=O)c5ccccc5)cc4c3)cc21.O=P1(c2ccccc2)c2ccccc2-c2c1ccc1c3ccccc3n(-c3cc4ccc5cccc6ccc(c3)c4c56)c21. The number of benzene rings is 24. The molecule has 0 amide bonds. The first kappa shape index (κ1) is 85.5. The monoisotopic (exact) mass is 1930 g/mol. The lowest BCUT2D eigenvalue weighted by Crippen LogP contribution is -2.20. The summed E-state index contributed by atoms with van der Waals surface area (Å²) in [5.74, 6) is 0. The summed E-state index contributed by atoms with van der Waals surface area (Å²) in [7, 11) is -9.23. The van der Waals surface area contributed by atoms with Crippen molar-refractivity contribution in [1.29, 1.82) is 0 Å². The number of nitrogens with zero attached hydrogens (tertiary/aromatic N) is 3. The number of aromatic nitrogens is 3. The fraction of sp³-hybridized carbons (Fsp3) is 0.0435. The molecule has 32 rings (SSSR count). The second-order valence-corrected chi connectivity index (χ2v) is 49.4. The van der Waals surface area contributed by atoms with Gasteiger partial charge in [0, 0.05) is 125 Å². The van der Waals surface area contributed by atoms with Crippen molar-refractivity contribution in [3.63, 3.8) is 0 Å². The van der Waals surface area contributed by atoms with Crippen molar-refractivity contribution in [1.82, 2.24) is 13.7 Å². The third kappa shape index (κ3) is 12.1.